The number of aryl methyl sites for hydroxylation is 1. The number of nitrogens with one attached hydrogen (secondary N) is 1. The van der Waals surface area contributed by atoms with Crippen LogP contribution in [0.3, 0.4) is 0 Å². The average molecular weight is 245 g/mol. The molecule has 96 valence electrons. The summed E-state index contributed by atoms with van der Waals surface area (Å²) in [6.07, 6.45) is 0. The maximum atomic E-state index is 5.59. The van der Waals surface area contributed by atoms with Crippen molar-refractivity contribution in [3.05, 3.63) is 35.5 Å². The molecule has 1 heterocycles. The molecule has 0 aliphatic rings. The van der Waals surface area contributed by atoms with Crippen LogP contribution in [0.4, 0.5) is 5.69 Å². The minimum absolute atomic E-state index is 0.485. The monoisotopic (exact) mass is 245 g/mol. The fraction of sp³-hybridized carbons (Fsp3) is 0.357. The Kier molecular flexibility index (Phi) is 3.24. The third-order valence-corrected chi connectivity index (χ3v) is 3.21. The van der Waals surface area contributed by atoms with Crippen molar-refractivity contribution in [2.45, 2.75) is 26.4 Å². The normalized spacial score (nSPS) is 11.8. The summed E-state index contributed by atoms with van der Waals surface area (Å²) in [5, 5.41) is 1.07. The highest BCUT2D eigenvalue weighted by Gasteiger charge is 2.25. The van der Waals surface area contributed by atoms with Crippen molar-refractivity contribution in [1.82, 2.24) is 4.98 Å². The average Bonchev–Trinajstić information content (AvgIpc) is 2.36. The molecule has 0 atom stereocenters. The van der Waals surface area contributed by atoms with E-state index in [1.165, 1.54) is 5.56 Å². The molecule has 3 N–H and O–H groups in total. The lowest BCUT2D eigenvalue weighted by Gasteiger charge is -2.25. The summed E-state index contributed by atoms with van der Waals surface area (Å²) in [5.41, 5.74) is 5.96. The number of fused-ring (bicyclic) bond motifs is 1. The fourth-order valence-corrected chi connectivity index (χ4v) is 1.96. The van der Waals surface area contributed by atoms with E-state index in [0.717, 1.165) is 22.3 Å². The number of benzene rings is 1. The van der Waals surface area contributed by atoms with Crippen molar-refractivity contribution >= 4 is 16.6 Å². The minimum Gasteiger partial charge on any atom is -0.372 e. The van der Waals surface area contributed by atoms with Gasteiger partial charge in [0.2, 0.25) is 0 Å². The number of aromatic nitrogens is 1. The van der Waals surface area contributed by atoms with Crippen molar-refractivity contribution in [1.29, 1.82) is 0 Å². The molecule has 0 amide bonds. The Morgan fingerprint density at radius 3 is 2.61 bits per heavy atom. The molecule has 0 aliphatic carbocycles. The predicted octanol–water partition coefficient (Wildman–Crippen LogP) is 2.71. The molecular formula is C14H19N3O. The molecular weight excluding hydrogens is 226 g/mol. The second kappa shape index (κ2) is 4.55. The molecule has 4 nitrogen and oxygen atoms in total. The van der Waals surface area contributed by atoms with E-state index >= 15 is 0 Å². The van der Waals surface area contributed by atoms with Gasteiger partial charge in [-0.3, -0.25) is 5.84 Å². The van der Waals surface area contributed by atoms with Crippen LogP contribution in [0.15, 0.2) is 24.3 Å². The second-order valence-corrected chi connectivity index (χ2v) is 4.94. The van der Waals surface area contributed by atoms with Crippen LogP contribution in [-0.2, 0) is 10.3 Å². The Balaban J connectivity index is 2.70. The van der Waals surface area contributed by atoms with E-state index in [1.54, 1.807) is 7.11 Å². The van der Waals surface area contributed by atoms with E-state index in [4.69, 9.17) is 10.6 Å². The molecule has 0 bridgehead atoms. The van der Waals surface area contributed by atoms with E-state index in [2.05, 4.69) is 29.5 Å². The van der Waals surface area contributed by atoms with E-state index < -0.39 is 5.60 Å². The molecule has 1 aromatic heterocycles. The van der Waals surface area contributed by atoms with Gasteiger partial charge in [-0.05, 0) is 39.0 Å². The fourth-order valence-electron chi connectivity index (χ4n) is 1.96. The quantitative estimate of drug-likeness (QED) is 0.644. The summed E-state index contributed by atoms with van der Waals surface area (Å²) in [7, 11) is 1.67. The summed E-state index contributed by atoms with van der Waals surface area (Å²) in [5.74, 6) is 5.59. The Morgan fingerprint density at radius 1 is 1.28 bits per heavy atom. The van der Waals surface area contributed by atoms with Crippen LogP contribution in [0.1, 0.15) is 25.1 Å². The topological polar surface area (TPSA) is 60.2 Å². The van der Waals surface area contributed by atoms with Gasteiger partial charge in [0.15, 0.2) is 0 Å². The van der Waals surface area contributed by atoms with Crippen molar-refractivity contribution in [2.24, 2.45) is 5.84 Å². The highest BCUT2D eigenvalue weighted by atomic mass is 16.5. The number of nitrogens with two attached hydrogens (primary N) is 1. The van der Waals surface area contributed by atoms with E-state index in [9.17, 15) is 0 Å². The van der Waals surface area contributed by atoms with E-state index in [0.29, 0.717) is 0 Å². The van der Waals surface area contributed by atoms with Gasteiger partial charge in [0.1, 0.15) is 5.60 Å². The third kappa shape index (κ3) is 2.17. The van der Waals surface area contributed by atoms with Crippen LogP contribution in [-0.4, -0.2) is 12.1 Å². The van der Waals surface area contributed by atoms with Gasteiger partial charge < -0.3 is 10.2 Å². The highest BCUT2D eigenvalue weighted by molar-refractivity contribution is 5.83. The lowest BCUT2D eigenvalue weighted by atomic mass is 10.0. The van der Waals surface area contributed by atoms with Gasteiger partial charge in [0.25, 0.3) is 0 Å². The SMILES string of the molecule is COC(C)(C)c1nc2ccc(C)cc2cc1NN. The number of ether oxygens (including phenoxy) is 1. The van der Waals surface area contributed by atoms with Crippen LogP contribution < -0.4 is 11.3 Å². The molecule has 4 heteroatoms. The maximum absolute atomic E-state index is 5.59. The number of hydrogen-bond donors (Lipinski definition) is 2. The van der Waals surface area contributed by atoms with Gasteiger partial charge in [-0.25, -0.2) is 4.98 Å². The first kappa shape index (κ1) is 12.8. The molecule has 0 radical (unpaired) electrons. The molecule has 1 aromatic carbocycles. The number of methoxy groups -OCH3 is 1. The van der Waals surface area contributed by atoms with E-state index in [1.807, 2.05) is 26.0 Å². The zero-order valence-electron chi connectivity index (χ0n) is 11.2. The first-order valence-corrected chi connectivity index (χ1v) is 5.91. The van der Waals surface area contributed by atoms with Crippen molar-refractivity contribution in [2.75, 3.05) is 12.5 Å². The van der Waals surface area contributed by atoms with Crippen molar-refractivity contribution < 1.29 is 4.74 Å². The number of rotatable bonds is 3. The number of anilines is 1. The molecule has 0 saturated carbocycles. The van der Waals surface area contributed by atoms with Crippen LogP contribution in [0.25, 0.3) is 10.9 Å². The standard InChI is InChI=1S/C14H19N3O/c1-9-5-6-11-10(7-9)8-12(17-15)13(16-11)14(2,3)18-4/h5-8,17H,15H2,1-4H3. The Labute approximate surface area is 107 Å². The summed E-state index contributed by atoms with van der Waals surface area (Å²) in [4.78, 5) is 4.66. The number of nitrogens with zero attached hydrogens (tertiary/aromatic N) is 1. The van der Waals surface area contributed by atoms with Crippen LogP contribution in [0, 0.1) is 6.92 Å². The predicted molar refractivity (Wildman–Crippen MR) is 74.3 cm³/mol. The molecule has 0 saturated heterocycles. The highest BCUT2D eigenvalue weighted by Crippen LogP contribution is 2.31. The Morgan fingerprint density at radius 2 is 2.00 bits per heavy atom. The van der Waals surface area contributed by atoms with Gasteiger partial charge in [0, 0.05) is 12.5 Å². The molecule has 0 spiro atoms. The molecule has 0 unspecified atom stereocenters. The van der Waals surface area contributed by atoms with Crippen LogP contribution in [0.2, 0.25) is 0 Å². The molecule has 2 rings (SSSR count). The van der Waals surface area contributed by atoms with Crippen molar-refractivity contribution in [3.63, 3.8) is 0 Å². The van der Waals surface area contributed by atoms with Crippen LogP contribution in [0.5, 0.6) is 0 Å². The number of hydrazine groups is 1. The summed E-state index contributed by atoms with van der Waals surface area (Å²) in [6, 6.07) is 8.16. The molecule has 0 fully saturated rings. The van der Waals surface area contributed by atoms with Gasteiger partial charge in [-0.2, -0.15) is 0 Å². The zero-order chi connectivity index (χ0) is 13.3. The number of nitrogen functional groups attached to an aromatic ring is 1. The first-order chi connectivity index (χ1) is 8.47. The number of hydrogen-bond acceptors (Lipinski definition) is 4. The van der Waals surface area contributed by atoms with Gasteiger partial charge in [0.05, 0.1) is 16.9 Å². The maximum Gasteiger partial charge on any atom is 0.106 e. The van der Waals surface area contributed by atoms with E-state index in [-0.39, 0.29) is 0 Å². The van der Waals surface area contributed by atoms with Gasteiger partial charge in [-0.1, -0.05) is 11.6 Å². The molecule has 0 aliphatic heterocycles. The smallest absolute Gasteiger partial charge is 0.106 e. The summed E-state index contributed by atoms with van der Waals surface area (Å²) >= 11 is 0. The molecule has 18 heavy (non-hydrogen) atoms. The van der Waals surface area contributed by atoms with Crippen LogP contribution >= 0.6 is 0 Å². The van der Waals surface area contributed by atoms with Gasteiger partial charge in [-0.15, -0.1) is 0 Å². The Hall–Kier alpha value is -1.65. The Bertz CT molecular complexity index is 579. The second-order valence-electron chi connectivity index (χ2n) is 4.94. The van der Waals surface area contributed by atoms with Crippen molar-refractivity contribution in [3.8, 4) is 0 Å². The zero-order valence-corrected chi connectivity index (χ0v) is 11.2. The summed E-state index contributed by atoms with van der Waals surface area (Å²) in [6.45, 7) is 5.99. The lowest BCUT2D eigenvalue weighted by molar-refractivity contribution is 0.0164. The number of pyridine rings is 1. The third-order valence-electron chi connectivity index (χ3n) is 3.21. The lowest BCUT2D eigenvalue weighted by Crippen LogP contribution is -2.24. The first-order valence-electron chi connectivity index (χ1n) is 5.91. The minimum atomic E-state index is -0.485. The van der Waals surface area contributed by atoms with Gasteiger partial charge >= 0.3 is 0 Å². The molecule has 2 aromatic rings. The largest absolute Gasteiger partial charge is 0.372 e. The summed E-state index contributed by atoms with van der Waals surface area (Å²) < 4.78 is 5.48.